The van der Waals surface area contributed by atoms with Gasteiger partial charge in [-0.1, -0.05) is 20.8 Å². The fraction of sp³-hybridized carbons (Fsp3) is 1.00. The van der Waals surface area contributed by atoms with E-state index in [0.717, 1.165) is 6.61 Å². The van der Waals surface area contributed by atoms with Crippen LogP contribution in [0.3, 0.4) is 0 Å². The van der Waals surface area contributed by atoms with Gasteiger partial charge in [0.1, 0.15) is 0 Å². The third kappa shape index (κ3) is 3.33. The van der Waals surface area contributed by atoms with Crippen LogP contribution in [-0.2, 0) is 4.74 Å². The average molecular weight is 267 g/mol. The van der Waals surface area contributed by atoms with Crippen LogP contribution in [0.1, 0.15) is 73.6 Å². The van der Waals surface area contributed by atoms with E-state index in [9.17, 15) is 0 Å². The highest BCUT2D eigenvalue weighted by Gasteiger charge is 2.47. The van der Waals surface area contributed by atoms with Gasteiger partial charge in [-0.05, 0) is 58.3 Å². The summed E-state index contributed by atoms with van der Waals surface area (Å²) in [6.45, 7) is 16.4. The highest BCUT2D eigenvalue weighted by molar-refractivity contribution is 5.01. The molecule has 112 valence electrons. The SMILES string of the molecule is CC(C)(C)C1CC2(CCCCO2)CCN1C(C)(C)C. The molecule has 2 aliphatic rings. The lowest BCUT2D eigenvalue weighted by atomic mass is 9.71. The zero-order chi connectivity index (χ0) is 14.3. The van der Waals surface area contributed by atoms with Crippen LogP contribution in [0.2, 0.25) is 0 Å². The first-order valence-electron chi connectivity index (χ1n) is 8.05. The second-order valence-corrected chi connectivity index (χ2v) is 8.69. The van der Waals surface area contributed by atoms with Gasteiger partial charge >= 0.3 is 0 Å². The van der Waals surface area contributed by atoms with Gasteiger partial charge in [0.2, 0.25) is 0 Å². The first kappa shape index (κ1) is 15.3. The first-order valence-corrected chi connectivity index (χ1v) is 8.05. The van der Waals surface area contributed by atoms with E-state index in [2.05, 4.69) is 46.4 Å². The molecule has 0 aromatic heterocycles. The lowest BCUT2D eigenvalue weighted by Crippen LogP contribution is -2.61. The Kier molecular flexibility index (Phi) is 4.06. The Hall–Kier alpha value is -0.0800. The van der Waals surface area contributed by atoms with E-state index in [4.69, 9.17) is 4.74 Å². The number of ether oxygens (including phenoxy) is 1. The van der Waals surface area contributed by atoms with E-state index in [1.54, 1.807) is 0 Å². The molecule has 2 nitrogen and oxygen atoms in total. The maximum absolute atomic E-state index is 6.27. The quantitative estimate of drug-likeness (QED) is 0.651. The minimum Gasteiger partial charge on any atom is -0.375 e. The molecule has 0 aromatic carbocycles. The van der Waals surface area contributed by atoms with Crippen molar-refractivity contribution < 1.29 is 4.74 Å². The number of likely N-dealkylation sites (tertiary alicyclic amines) is 1. The van der Waals surface area contributed by atoms with Crippen LogP contribution in [0, 0.1) is 5.41 Å². The molecule has 2 atom stereocenters. The lowest BCUT2D eigenvalue weighted by Gasteiger charge is -2.56. The van der Waals surface area contributed by atoms with Crippen LogP contribution in [0.4, 0.5) is 0 Å². The molecule has 0 N–H and O–H groups in total. The molecule has 0 aromatic rings. The summed E-state index contributed by atoms with van der Waals surface area (Å²) in [6, 6.07) is 0.624. The molecule has 0 amide bonds. The largest absolute Gasteiger partial charge is 0.375 e. The van der Waals surface area contributed by atoms with Crippen molar-refractivity contribution >= 4 is 0 Å². The van der Waals surface area contributed by atoms with Crippen molar-refractivity contribution in [1.29, 1.82) is 0 Å². The maximum atomic E-state index is 6.27. The standard InChI is InChI=1S/C17H33NO/c1-15(2,3)14-13-17(9-7-8-12-19-17)10-11-18(14)16(4,5)6/h14H,7-13H2,1-6H3. The third-order valence-electron chi connectivity index (χ3n) is 5.05. The summed E-state index contributed by atoms with van der Waals surface area (Å²) in [5.74, 6) is 0. The van der Waals surface area contributed by atoms with E-state index in [1.807, 2.05) is 0 Å². The Labute approximate surface area is 119 Å². The summed E-state index contributed by atoms with van der Waals surface area (Å²) in [4.78, 5) is 2.72. The molecule has 0 saturated carbocycles. The number of hydrogen-bond acceptors (Lipinski definition) is 2. The molecule has 2 heterocycles. The van der Waals surface area contributed by atoms with Gasteiger partial charge in [-0.25, -0.2) is 0 Å². The van der Waals surface area contributed by atoms with E-state index in [0.29, 0.717) is 11.5 Å². The molecule has 0 radical (unpaired) electrons. The van der Waals surface area contributed by atoms with Gasteiger partial charge in [0.05, 0.1) is 5.60 Å². The fourth-order valence-corrected chi connectivity index (χ4v) is 3.89. The lowest BCUT2D eigenvalue weighted by molar-refractivity contribution is -0.151. The normalized spacial score (nSPS) is 34.7. The minimum atomic E-state index is 0.192. The van der Waals surface area contributed by atoms with Crippen LogP contribution in [0.5, 0.6) is 0 Å². The molecule has 2 unspecified atom stereocenters. The van der Waals surface area contributed by atoms with Crippen molar-refractivity contribution in [2.24, 2.45) is 5.41 Å². The molecule has 1 spiro atoms. The van der Waals surface area contributed by atoms with Crippen LogP contribution in [0.15, 0.2) is 0 Å². The number of rotatable bonds is 0. The van der Waals surface area contributed by atoms with Gasteiger partial charge in [0, 0.05) is 24.7 Å². The van der Waals surface area contributed by atoms with E-state index >= 15 is 0 Å². The predicted molar refractivity (Wildman–Crippen MR) is 81.5 cm³/mol. The molecule has 2 fully saturated rings. The van der Waals surface area contributed by atoms with Crippen molar-refractivity contribution in [3.63, 3.8) is 0 Å². The molecule has 0 bridgehead atoms. The average Bonchev–Trinajstić information content (AvgIpc) is 2.27. The van der Waals surface area contributed by atoms with Crippen molar-refractivity contribution in [3.8, 4) is 0 Å². The van der Waals surface area contributed by atoms with Crippen LogP contribution in [-0.4, -0.2) is 35.2 Å². The Morgan fingerprint density at radius 3 is 2.16 bits per heavy atom. The van der Waals surface area contributed by atoms with Gasteiger partial charge in [0.15, 0.2) is 0 Å². The Balaban J connectivity index is 2.20. The highest BCUT2D eigenvalue weighted by atomic mass is 16.5. The number of hydrogen-bond donors (Lipinski definition) is 0. The van der Waals surface area contributed by atoms with Gasteiger partial charge in [-0.15, -0.1) is 0 Å². The Morgan fingerprint density at radius 1 is 1.00 bits per heavy atom. The van der Waals surface area contributed by atoms with Gasteiger partial charge in [-0.3, -0.25) is 4.90 Å². The monoisotopic (exact) mass is 267 g/mol. The van der Waals surface area contributed by atoms with Gasteiger partial charge in [-0.2, -0.15) is 0 Å². The van der Waals surface area contributed by atoms with Crippen molar-refractivity contribution in [1.82, 2.24) is 4.90 Å². The molecule has 0 aliphatic carbocycles. The Bertz CT molecular complexity index is 304. The molecular weight excluding hydrogens is 234 g/mol. The second-order valence-electron chi connectivity index (χ2n) is 8.69. The maximum Gasteiger partial charge on any atom is 0.0709 e. The van der Waals surface area contributed by atoms with Crippen LogP contribution in [0.25, 0.3) is 0 Å². The van der Waals surface area contributed by atoms with Gasteiger partial charge in [0.25, 0.3) is 0 Å². The zero-order valence-electron chi connectivity index (χ0n) is 13.9. The summed E-state index contributed by atoms with van der Waals surface area (Å²) < 4.78 is 6.27. The number of piperidine rings is 1. The van der Waals surface area contributed by atoms with Crippen LogP contribution < -0.4 is 0 Å². The smallest absolute Gasteiger partial charge is 0.0709 e. The summed E-state index contributed by atoms with van der Waals surface area (Å²) >= 11 is 0. The second kappa shape index (κ2) is 5.04. The summed E-state index contributed by atoms with van der Waals surface area (Å²) in [5, 5.41) is 0. The van der Waals surface area contributed by atoms with Gasteiger partial charge < -0.3 is 4.74 Å². The van der Waals surface area contributed by atoms with E-state index in [-0.39, 0.29) is 11.1 Å². The number of nitrogens with zero attached hydrogens (tertiary/aromatic N) is 1. The summed E-state index contributed by atoms with van der Waals surface area (Å²) in [6.07, 6.45) is 6.32. The molecule has 2 heteroatoms. The van der Waals surface area contributed by atoms with Crippen molar-refractivity contribution in [2.75, 3.05) is 13.2 Å². The molecule has 19 heavy (non-hydrogen) atoms. The van der Waals surface area contributed by atoms with E-state index in [1.165, 1.54) is 38.6 Å². The molecular formula is C17H33NO. The summed E-state index contributed by atoms with van der Waals surface area (Å²) in [5.41, 5.74) is 0.772. The molecule has 2 saturated heterocycles. The molecule has 2 aliphatic heterocycles. The Morgan fingerprint density at radius 2 is 1.68 bits per heavy atom. The van der Waals surface area contributed by atoms with Crippen molar-refractivity contribution in [2.45, 2.75) is 90.8 Å². The summed E-state index contributed by atoms with van der Waals surface area (Å²) in [7, 11) is 0. The first-order chi connectivity index (χ1) is 8.64. The topological polar surface area (TPSA) is 12.5 Å². The molecule has 2 rings (SSSR count). The minimum absolute atomic E-state index is 0.192. The predicted octanol–water partition coefficient (Wildman–Crippen LogP) is 4.23. The third-order valence-corrected chi connectivity index (χ3v) is 5.05. The zero-order valence-corrected chi connectivity index (χ0v) is 13.9. The van der Waals surface area contributed by atoms with Crippen molar-refractivity contribution in [3.05, 3.63) is 0 Å². The fourth-order valence-electron chi connectivity index (χ4n) is 3.89. The van der Waals surface area contributed by atoms with Crippen LogP contribution >= 0.6 is 0 Å². The highest BCUT2D eigenvalue weighted by Crippen LogP contribution is 2.44. The van der Waals surface area contributed by atoms with E-state index < -0.39 is 0 Å².